The van der Waals surface area contributed by atoms with E-state index in [1.54, 1.807) is 35.9 Å². The van der Waals surface area contributed by atoms with Crippen LogP contribution in [0.2, 0.25) is 0 Å². The van der Waals surface area contributed by atoms with Gasteiger partial charge in [-0.3, -0.25) is 9.36 Å². The zero-order valence-corrected chi connectivity index (χ0v) is 14.2. The number of benzene rings is 1. The third-order valence-corrected chi connectivity index (χ3v) is 4.85. The van der Waals surface area contributed by atoms with Crippen LogP contribution in [-0.4, -0.2) is 46.1 Å². The number of carbonyl (C=O) groups excluding carboxylic acids is 1. The van der Waals surface area contributed by atoms with E-state index in [-0.39, 0.29) is 23.3 Å². The molecule has 7 nitrogen and oxygen atoms in total. The summed E-state index contributed by atoms with van der Waals surface area (Å²) in [6.07, 6.45) is 1.99. The summed E-state index contributed by atoms with van der Waals surface area (Å²) in [6.45, 7) is 1.20. The van der Waals surface area contributed by atoms with Gasteiger partial charge in [0.1, 0.15) is 5.75 Å². The second-order valence-corrected chi connectivity index (χ2v) is 6.44. The van der Waals surface area contributed by atoms with Crippen LogP contribution in [0.4, 0.5) is 0 Å². The molecular weight excluding hydrogens is 330 g/mol. The van der Waals surface area contributed by atoms with Crippen molar-refractivity contribution in [1.29, 1.82) is 0 Å². The van der Waals surface area contributed by atoms with Crippen molar-refractivity contribution in [3.63, 3.8) is 0 Å². The molecule has 3 rings (SSSR count). The van der Waals surface area contributed by atoms with E-state index in [0.717, 1.165) is 19.4 Å². The van der Waals surface area contributed by atoms with Crippen LogP contribution in [0.5, 0.6) is 5.75 Å². The van der Waals surface area contributed by atoms with Gasteiger partial charge in [0.2, 0.25) is 0 Å². The van der Waals surface area contributed by atoms with Crippen LogP contribution < -0.4 is 10.4 Å². The van der Waals surface area contributed by atoms with E-state index in [2.05, 4.69) is 10.2 Å². The molecule has 0 aliphatic carbocycles. The molecule has 2 heterocycles. The third kappa shape index (κ3) is 3.88. The highest BCUT2D eigenvalue weighted by Crippen LogP contribution is 2.20. The van der Waals surface area contributed by atoms with Crippen molar-refractivity contribution in [2.24, 2.45) is 0 Å². The zero-order valence-electron chi connectivity index (χ0n) is 13.4. The number of nitrogens with zero attached hydrogens (tertiary/aromatic N) is 2. The lowest BCUT2D eigenvalue weighted by atomic mass is 10.1. The first-order chi connectivity index (χ1) is 11.7. The maximum Gasteiger partial charge on any atom is 0.344 e. The van der Waals surface area contributed by atoms with Gasteiger partial charge in [0.15, 0.2) is 10.9 Å². The molecule has 0 radical (unpaired) electrons. The molecular formula is C16H19N3O4S. The summed E-state index contributed by atoms with van der Waals surface area (Å²) in [5.74, 6) is 0.890. The Bertz CT molecular complexity index is 747. The topological polar surface area (TPSA) is 86.2 Å². The molecule has 2 aromatic rings. The van der Waals surface area contributed by atoms with E-state index in [0.29, 0.717) is 23.0 Å². The Kier molecular flexibility index (Phi) is 5.37. The third-order valence-electron chi connectivity index (χ3n) is 3.88. The summed E-state index contributed by atoms with van der Waals surface area (Å²) in [5.41, 5.74) is 0.330. The van der Waals surface area contributed by atoms with Crippen LogP contribution in [0.1, 0.15) is 23.2 Å². The smallest absolute Gasteiger partial charge is 0.344 e. The number of thioether (sulfide) groups is 1. The fourth-order valence-corrected chi connectivity index (χ4v) is 3.41. The average Bonchev–Trinajstić information content (AvgIpc) is 3.24. The monoisotopic (exact) mass is 349 g/mol. The number of nitrogens with one attached hydrogen (secondary N) is 1. The molecule has 1 aromatic heterocycles. The number of Topliss-reactive ketones (excluding diaryl/α,β-unsaturated/α-hetero) is 1. The largest absolute Gasteiger partial charge is 0.497 e. The van der Waals surface area contributed by atoms with Crippen molar-refractivity contribution in [3.05, 3.63) is 40.3 Å². The van der Waals surface area contributed by atoms with Gasteiger partial charge in [0.05, 0.1) is 25.5 Å². The van der Waals surface area contributed by atoms with Crippen molar-refractivity contribution in [3.8, 4) is 5.75 Å². The number of aromatic nitrogens is 3. The summed E-state index contributed by atoms with van der Waals surface area (Å²) >= 11 is 1.25. The zero-order chi connectivity index (χ0) is 16.9. The highest BCUT2D eigenvalue weighted by atomic mass is 32.2. The van der Waals surface area contributed by atoms with Gasteiger partial charge in [-0.25, -0.2) is 9.89 Å². The van der Waals surface area contributed by atoms with Crippen LogP contribution in [0.25, 0.3) is 0 Å². The average molecular weight is 349 g/mol. The summed E-state index contributed by atoms with van der Waals surface area (Å²) in [4.78, 5) is 24.2. The maximum absolute atomic E-state index is 12.3. The minimum absolute atomic E-state index is 0.0261. The van der Waals surface area contributed by atoms with Gasteiger partial charge in [-0.1, -0.05) is 11.8 Å². The number of rotatable bonds is 7. The Hall–Kier alpha value is -2.06. The van der Waals surface area contributed by atoms with Crippen LogP contribution in [0.3, 0.4) is 0 Å². The quantitative estimate of drug-likeness (QED) is 0.605. The molecule has 1 atom stereocenters. The van der Waals surface area contributed by atoms with Gasteiger partial charge in [0.25, 0.3) is 0 Å². The molecule has 1 saturated heterocycles. The van der Waals surface area contributed by atoms with Crippen molar-refractivity contribution in [2.45, 2.75) is 30.6 Å². The Balaban J connectivity index is 1.63. The van der Waals surface area contributed by atoms with E-state index >= 15 is 0 Å². The first kappa shape index (κ1) is 16.8. The van der Waals surface area contributed by atoms with Crippen molar-refractivity contribution < 1.29 is 14.3 Å². The van der Waals surface area contributed by atoms with Crippen molar-refractivity contribution in [2.75, 3.05) is 19.5 Å². The van der Waals surface area contributed by atoms with Gasteiger partial charge in [-0.05, 0) is 37.1 Å². The van der Waals surface area contributed by atoms with E-state index < -0.39 is 0 Å². The molecule has 1 fully saturated rings. The Morgan fingerprint density at radius 2 is 2.25 bits per heavy atom. The predicted octanol–water partition coefficient (Wildman–Crippen LogP) is 1.73. The minimum atomic E-state index is -0.273. The number of carbonyl (C=O) groups is 1. The Morgan fingerprint density at radius 1 is 1.46 bits per heavy atom. The maximum atomic E-state index is 12.3. The van der Waals surface area contributed by atoms with Crippen LogP contribution in [0.15, 0.2) is 34.2 Å². The molecule has 128 valence electrons. The normalized spacial score (nSPS) is 17.1. The Labute approximate surface area is 143 Å². The highest BCUT2D eigenvalue weighted by Gasteiger charge is 2.20. The summed E-state index contributed by atoms with van der Waals surface area (Å²) in [7, 11) is 1.58. The number of hydrogen-bond donors (Lipinski definition) is 1. The number of H-pyrrole nitrogens is 1. The fraction of sp³-hybridized carbons (Fsp3) is 0.438. The van der Waals surface area contributed by atoms with Crippen molar-refractivity contribution in [1.82, 2.24) is 14.8 Å². The van der Waals surface area contributed by atoms with E-state index in [1.165, 1.54) is 11.8 Å². The van der Waals surface area contributed by atoms with Gasteiger partial charge < -0.3 is 9.47 Å². The van der Waals surface area contributed by atoms with Crippen LogP contribution >= 0.6 is 11.8 Å². The number of hydrogen-bond acceptors (Lipinski definition) is 6. The van der Waals surface area contributed by atoms with E-state index in [1.807, 2.05) is 0 Å². The second kappa shape index (κ2) is 7.67. The molecule has 1 N–H and O–H groups in total. The predicted molar refractivity (Wildman–Crippen MR) is 89.9 cm³/mol. The first-order valence-electron chi connectivity index (χ1n) is 7.74. The molecule has 8 heteroatoms. The highest BCUT2D eigenvalue weighted by molar-refractivity contribution is 7.99. The molecule has 0 saturated carbocycles. The Morgan fingerprint density at radius 3 is 2.92 bits per heavy atom. The summed E-state index contributed by atoms with van der Waals surface area (Å²) in [5, 5.41) is 6.97. The minimum Gasteiger partial charge on any atom is -0.497 e. The molecule has 0 spiro atoms. The molecule has 0 unspecified atom stereocenters. The first-order valence-corrected chi connectivity index (χ1v) is 8.73. The second-order valence-electron chi connectivity index (χ2n) is 5.50. The summed E-state index contributed by atoms with van der Waals surface area (Å²) in [6, 6.07) is 6.96. The standard InChI is InChI=1S/C16H19N3O4S/c1-22-12-6-4-11(5-7-12)14(20)10-24-16-18-17-15(21)19(16)9-13-3-2-8-23-13/h4-7,13H,2-3,8-10H2,1H3,(H,17,21)/t13-/m1/s1. The van der Waals surface area contributed by atoms with Gasteiger partial charge >= 0.3 is 5.69 Å². The molecule has 1 aliphatic heterocycles. The molecule has 1 aromatic carbocycles. The lowest BCUT2D eigenvalue weighted by Crippen LogP contribution is -2.25. The van der Waals surface area contributed by atoms with E-state index in [4.69, 9.17) is 9.47 Å². The van der Waals surface area contributed by atoms with Gasteiger partial charge in [-0.15, -0.1) is 5.10 Å². The molecule has 0 amide bonds. The number of ketones is 1. The lowest BCUT2D eigenvalue weighted by molar-refractivity contribution is 0.0941. The number of methoxy groups -OCH3 is 1. The molecule has 24 heavy (non-hydrogen) atoms. The number of aromatic amines is 1. The van der Waals surface area contributed by atoms with Crippen molar-refractivity contribution >= 4 is 17.5 Å². The SMILES string of the molecule is COc1ccc(C(=O)CSc2n[nH]c(=O)n2C[C@H]2CCCO2)cc1. The molecule has 0 bridgehead atoms. The lowest BCUT2D eigenvalue weighted by Gasteiger charge is -2.10. The van der Waals surface area contributed by atoms with Gasteiger partial charge in [0, 0.05) is 12.2 Å². The van der Waals surface area contributed by atoms with Gasteiger partial charge in [-0.2, -0.15) is 0 Å². The van der Waals surface area contributed by atoms with E-state index in [9.17, 15) is 9.59 Å². The van der Waals surface area contributed by atoms with Crippen LogP contribution in [0, 0.1) is 0 Å². The number of ether oxygens (including phenoxy) is 2. The fourth-order valence-electron chi connectivity index (χ4n) is 2.56. The summed E-state index contributed by atoms with van der Waals surface area (Å²) < 4.78 is 12.2. The molecule has 1 aliphatic rings. The van der Waals surface area contributed by atoms with Crippen LogP contribution in [-0.2, 0) is 11.3 Å².